The second-order valence-corrected chi connectivity index (χ2v) is 10.4. The lowest BCUT2D eigenvalue weighted by atomic mass is 10.1. The molecule has 3 amide bonds. The standard InChI is InChI=1S/C32H33BrN4O5.ClH/c33-26-12-7-13-27(24-26)37(30(38)16-8-20-36-18-4-1-5-19-36)21-23-42-31(39)34-17-9-22-41-32(40)35-29-15-6-11-25-10-2-3-14-28(25)29;/h1-7,10-15,18-19,24H,8-9,16-17,20-23H2,(H-,34,35,39,40);1H. The van der Waals surface area contributed by atoms with Crippen LogP contribution in [0.25, 0.3) is 10.8 Å². The monoisotopic (exact) mass is 668 g/mol. The number of benzene rings is 3. The van der Waals surface area contributed by atoms with Crippen molar-refractivity contribution in [3.05, 3.63) is 102 Å². The van der Waals surface area contributed by atoms with Gasteiger partial charge in [-0.1, -0.05) is 64.5 Å². The normalized spacial score (nSPS) is 10.3. The van der Waals surface area contributed by atoms with Gasteiger partial charge in [-0.3, -0.25) is 10.1 Å². The van der Waals surface area contributed by atoms with Crippen molar-refractivity contribution in [3.63, 3.8) is 0 Å². The van der Waals surface area contributed by atoms with Crippen LogP contribution >= 0.6 is 15.9 Å². The molecule has 0 saturated heterocycles. The summed E-state index contributed by atoms with van der Waals surface area (Å²) >= 11 is 3.46. The first-order chi connectivity index (χ1) is 20.5. The van der Waals surface area contributed by atoms with Crippen molar-refractivity contribution in [2.45, 2.75) is 25.8 Å². The first-order valence-electron chi connectivity index (χ1n) is 13.8. The molecule has 0 fully saturated rings. The van der Waals surface area contributed by atoms with Crippen molar-refractivity contribution >= 4 is 56.2 Å². The van der Waals surface area contributed by atoms with Crippen LogP contribution in [0.4, 0.5) is 21.0 Å². The fourth-order valence-corrected chi connectivity index (χ4v) is 4.75. The van der Waals surface area contributed by atoms with Gasteiger partial charge in [0.15, 0.2) is 12.4 Å². The van der Waals surface area contributed by atoms with E-state index in [4.69, 9.17) is 9.47 Å². The summed E-state index contributed by atoms with van der Waals surface area (Å²) in [4.78, 5) is 39.2. The van der Waals surface area contributed by atoms with Crippen LogP contribution < -0.4 is 32.5 Å². The minimum atomic E-state index is -0.600. The first kappa shape index (κ1) is 33.4. The first-order valence-corrected chi connectivity index (χ1v) is 14.6. The Morgan fingerprint density at radius 2 is 1.56 bits per heavy atom. The van der Waals surface area contributed by atoms with E-state index in [0.29, 0.717) is 24.9 Å². The Labute approximate surface area is 265 Å². The molecule has 0 aliphatic rings. The molecule has 0 aliphatic carbocycles. The van der Waals surface area contributed by atoms with Crippen LogP contribution in [-0.2, 0) is 20.8 Å². The Hall–Kier alpha value is -4.15. The maximum Gasteiger partial charge on any atom is 0.411 e. The topological polar surface area (TPSA) is 101 Å². The van der Waals surface area contributed by atoms with Gasteiger partial charge in [0, 0.05) is 47.1 Å². The van der Waals surface area contributed by atoms with Gasteiger partial charge in [-0.15, -0.1) is 0 Å². The number of anilines is 2. The van der Waals surface area contributed by atoms with Gasteiger partial charge in [0.25, 0.3) is 0 Å². The SMILES string of the molecule is O=C(NCCCOC(=O)Nc1cccc2ccccc12)OCCN(C(=O)CCC[n+]1ccccc1)c1cccc(Br)c1.[Cl-]. The van der Waals surface area contributed by atoms with E-state index < -0.39 is 12.2 Å². The molecular formula is C32H34BrClN4O5. The molecule has 4 rings (SSSR count). The quantitative estimate of drug-likeness (QED) is 0.169. The minimum absolute atomic E-state index is 0. The number of ether oxygens (including phenoxy) is 2. The summed E-state index contributed by atoms with van der Waals surface area (Å²) in [5.74, 6) is -0.0486. The highest BCUT2D eigenvalue weighted by Gasteiger charge is 2.17. The third kappa shape index (κ3) is 10.9. The molecule has 0 radical (unpaired) electrons. The smallest absolute Gasteiger partial charge is 0.411 e. The number of halogens is 2. The number of carbonyl (C=O) groups excluding carboxylic acids is 3. The van der Waals surface area contributed by atoms with Crippen molar-refractivity contribution in [3.8, 4) is 0 Å². The summed E-state index contributed by atoms with van der Waals surface area (Å²) in [5, 5.41) is 7.35. The molecule has 43 heavy (non-hydrogen) atoms. The van der Waals surface area contributed by atoms with Crippen LogP contribution in [0.5, 0.6) is 0 Å². The summed E-state index contributed by atoms with van der Waals surface area (Å²) in [6.45, 7) is 1.38. The lowest BCUT2D eigenvalue weighted by Crippen LogP contribution is -3.00. The number of alkyl carbamates (subject to hydrolysis) is 1. The largest absolute Gasteiger partial charge is 1.00 e. The van der Waals surface area contributed by atoms with Gasteiger partial charge in [0.2, 0.25) is 5.91 Å². The number of pyridine rings is 1. The average molecular weight is 670 g/mol. The van der Waals surface area contributed by atoms with E-state index in [2.05, 4.69) is 26.6 Å². The molecule has 226 valence electrons. The van der Waals surface area contributed by atoms with Crippen molar-refractivity contribution in [2.24, 2.45) is 0 Å². The Balaban J connectivity index is 0.00000506. The number of nitrogens with zero attached hydrogens (tertiary/aromatic N) is 2. The predicted molar refractivity (Wildman–Crippen MR) is 165 cm³/mol. The Morgan fingerprint density at radius 1 is 0.814 bits per heavy atom. The van der Waals surface area contributed by atoms with Crippen LogP contribution in [0.1, 0.15) is 19.3 Å². The summed E-state index contributed by atoms with van der Waals surface area (Å²) in [6.07, 6.45) is 4.23. The molecule has 11 heteroatoms. The van der Waals surface area contributed by atoms with Crippen molar-refractivity contribution in [2.75, 3.05) is 36.5 Å². The molecule has 0 saturated carbocycles. The molecule has 9 nitrogen and oxygen atoms in total. The van der Waals surface area contributed by atoms with Gasteiger partial charge in [-0.2, -0.15) is 0 Å². The fourth-order valence-electron chi connectivity index (χ4n) is 4.36. The summed E-state index contributed by atoms with van der Waals surface area (Å²) in [7, 11) is 0. The third-order valence-corrected chi connectivity index (χ3v) is 6.90. The Morgan fingerprint density at radius 3 is 2.37 bits per heavy atom. The molecule has 1 heterocycles. The second-order valence-electron chi connectivity index (χ2n) is 9.45. The van der Waals surface area contributed by atoms with Crippen LogP contribution in [0.15, 0.2) is 102 Å². The number of hydrogen-bond donors (Lipinski definition) is 2. The molecule has 0 atom stereocenters. The van der Waals surface area contributed by atoms with E-state index in [1.807, 2.05) is 102 Å². The van der Waals surface area contributed by atoms with E-state index in [1.54, 1.807) is 4.90 Å². The van der Waals surface area contributed by atoms with Gasteiger partial charge in [0.1, 0.15) is 13.2 Å². The zero-order chi connectivity index (χ0) is 29.6. The van der Waals surface area contributed by atoms with Crippen LogP contribution in [0.3, 0.4) is 0 Å². The molecule has 0 aliphatic heterocycles. The van der Waals surface area contributed by atoms with Crippen molar-refractivity contribution in [1.82, 2.24) is 5.32 Å². The number of rotatable bonds is 13. The third-order valence-electron chi connectivity index (χ3n) is 6.40. The minimum Gasteiger partial charge on any atom is -1.00 e. The predicted octanol–water partition coefficient (Wildman–Crippen LogP) is 3.07. The van der Waals surface area contributed by atoms with Crippen molar-refractivity contribution in [1.29, 1.82) is 0 Å². The number of aryl methyl sites for hydroxylation is 1. The zero-order valence-corrected chi connectivity index (χ0v) is 25.9. The Bertz CT molecular complexity index is 1490. The van der Waals surface area contributed by atoms with E-state index in [9.17, 15) is 14.4 Å². The molecule has 0 spiro atoms. The summed E-state index contributed by atoms with van der Waals surface area (Å²) in [5.41, 5.74) is 1.40. The highest BCUT2D eigenvalue weighted by atomic mass is 79.9. The fraction of sp³-hybridized carbons (Fsp3) is 0.250. The maximum atomic E-state index is 13.1. The maximum absolute atomic E-state index is 13.1. The number of aromatic nitrogens is 1. The van der Waals surface area contributed by atoms with Gasteiger partial charge in [-0.25, -0.2) is 14.2 Å². The van der Waals surface area contributed by atoms with Crippen LogP contribution in [0.2, 0.25) is 0 Å². The number of fused-ring (bicyclic) bond motifs is 1. The summed E-state index contributed by atoms with van der Waals surface area (Å²) in [6, 6.07) is 26.7. The second kappa shape index (κ2) is 17.7. The van der Waals surface area contributed by atoms with Gasteiger partial charge in [-0.05, 0) is 36.1 Å². The van der Waals surface area contributed by atoms with E-state index in [0.717, 1.165) is 27.5 Å². The van der Waals surface area contributed by atoms with Gasteiger partial charge in [0.05, 0.1) is 18.8 Å². The number of hydrogen-bond acceptors (Lipinski definition) is 5. The highest BCUT2D eigenvalue weighted by molar-refractivity contribution is 9.10. The zero-order valence-electron chi connectivity index (χ0n) is 23.6. The van der Waals surface area contributed by atoms with Crippen molar-refractivity contribution < 1.29 is 40.8 Å². The lowest BCUT2D eigenvalue weighted by Gasteiger charge is -2.23. The number of carbonyl (C=O) groups is 3. The molecule has 1 aromatic heterocycles. The molecular weight excluding hydrogens is 636 g/mol. The van der Waals surface area contributed by atoms with Crippen LogP contribution in [-0.4, -0.2) is 44.4 Å². The average Bonchev–Trinajstić information content (AvgIpc) is 3.00. The molecule has 0 unspecified atom stereocenters. The summed E-state index contributed by atoms with van der Waals surface area (Å²) < 4.78 is 13.4. The van der Waals surface area contributed by atoms with E-state index in [-0.39, 0.29) is 44.6 Å². The number of nitrogens with one attached hydrogen (secondary N) is 2. The Kier molecular flexibility index (Phi) is 13.7. The van der Waals surface area contributed by atoms with Gasteiger partial charge < -0.3 is 32.1 Å². The molecule has 2 N–H and O–H groups in total. The van der Waals surface area contributed by atoms with E-state index in [1.165, 1.54) is 0 Å². The molecule has 3 aromatic carbocycles. The molecule has 0 bridgehead atoms. The van der Waals surface area contributed by atoms with Gasteiger partial charge >= 0.3 is 12.2 Å². The lowest BCUT2D eigenvalue weighted by molar-refractivity contribution is -0.697. The van der Waals surface area contributed by atoms with Crippen LogP contribution in [0, 0.1) is 0 Å². The number of amides is 3. The van der Waals surface area contributed by atoms with E-state index >= 15 is 0 Å². The highest BCUT2D eigenvalue weighted by Crippen LogP contribution is 2.23. The molecule has 4 aromatic rings.